The number of amides is 2. The summed E-state index contributed by atoms with van der Waals surface area (Å²) in [6, 6.07) is 10.2. The number of benzene rings is 1. The number of hydrogen-bond donors (Lipinski definition) is 1. The van der Waals surface area contributed by atoms with Crippen LogP contribution in [0.25, 0.3) is 10.9 Å². The van der Waals surface area contributed by atoms with Gasteiger partial charge in [-0.25, -0.2) is 4.98 Å². The molecule has 5 nitrogen and oxygen atoms in total. The Bertz CT molecular complexity index is 912. The van der Waals surface area contributed by atoms with Gasteiger partial charge in [-0.1, -0.05) is 36.9 Å². The SMILES string of the molecule is CC[C@H]1CCCCN1C(=O)[C@@H](C)Sc1cc(C(=O)NC2CC2)c2ccccc2n1. The molecule has 1 aromatic carbocycles. The Hall–Kier alpha value is -2.08. The van der Waals surface area contributed by atoms with E-state index < -0.39 is 0 Å². The van der Waals surface area contributed by atoms with Gasteiger partial charge < -0.3 is 10.2 Å². The van der Waals surface area contributed by atoms with Crippen LogP contribution in [0.5, 0.6) is 0 Å². The summed E-state index contributed by atoms with van der Waals surface area (Å²) in [7, 11) is 0. The highest BCUT2D eigenvalue weighted by atomic mass is 32.2. The summed E-state index contributed by atoms with van der Waals surface area (Å²) in [5, 5.41) is 4.44. The first-order chi connectivity index (χ1) is 14.1. The summed E-state index contributed by atoms with van der Waals surface area (Å²) in [5.41, 5.74) is 1.44. The van der Waals surface area contributed by atoms with Gasteiger partial charge in [0.15, 0.2) is 0 Å². The standard InChI is InChI=1S/C23H29N3O2S/c1-3-17-8-6-7-13-26(17)23(28)15(2)29-21-14-19(22(27)24-16-11-12-16)18-9-4-5-10-20(18)25-21/h4-5,9-10,14-17H,3,6-8,11-13H2,1-2H3,(H,24,27)/t15-,17+/m1/s1. The third kappa shape index (κ3) is 4.58. The van der Waals surface area contributed by atoms with Gasteiger partial charge >= 0.3 is 0 Å². The second-order valence-electron chi connectivity index (χ2n) is 8.12. The molecule has 154 valence electrons. The number of thioether (sulfide) groups is 1. The second kappa shape index (κ2) is 8.74. The average molecular weight is 412 g/mol. The van der Waals surface area contributed by atoms with E-state index in [1.54, 1.807) is 0 Å². The van der Waals surface area contributed by atoms with Gasteiger partial charge in [0.1, 0.15) is 0 Å². The van der Waals surface area contributed by atoms with Crippen LogP contribution in [0.2, 0.25) is 0 Å². The van der Waals surface area contributed by atoms with Gasteiger partial charge in [0.05, 0.1) is 21.4 Å². The Balaban J connectivity index is 1.56. The molecule has 0 radical (unpaired) electrons. The number of aromatic nitrogens is 1. The first kappa shape index (κ1) is 20.2. The molecule has 1 saturated heterocycles. The summed E-state index contributed by atoms with van der Waals surface area (Å²) in [5.74, 6) is 0.134. The molecule has 2 aromatic rings. The van der Waals surface area contributed by atoms with E-state index in [0.29, 0.717) is 17.6 Å². The monoisotopic (exact) mass is 411 g/mol. The summed E-state index contributed by atoms with van der Waals surface area (Å²) in [4.78, 5) is 32.7. The fourth-order valence-corrected chi connectivity index (χ4v) is 5.01. The van der Waals surface area contributed by atoms with Crippen LogP contribution in [-0.4, -0.2) is 45.6 Å². The lowest BCUT2D eigenvalue weighted by Gasteiger charge is -2.36. The number of piperidine rings is 1. The largest absolute Gasteiger partial charge is 0.349 e. The van der Waals surface area contributed by atoms with Crippen molar-refractivity contribution < 1.29 is 9.59 Å². The highest BCUT2D eigenvalue weighted by Crippen LogP contribution is 2.30. The lowest BCUT2D eigenvalue weighted by atomic mass is 10.00. The van der Waals surface area contributed by atoms with E-state index in [-0.39, 0.29) is 17.1 Å². The van der Waals surface area contributed by atoms with Crippen LogP contribution in [0.15, 0.2) is 35.4 Å². The quantitative estimate of drug-likeness (QED) is 0.716. The normalized spacial score (nSPS) is 20.5. The molecular weight excluding hydrogens is 382 g/mol. The highest BCUT2D eigenvalue weighted by molar-refractivity contribution is 8.00. The molecule has 29 heavy (non-hydrogen) atoms. The van der Waals surface area contributed by atoms with Crippen LogP contribution in [0.4, 0.5) is 0 Å². The van der Waals surface area contributed by atoms with Crippen LogP contribution in [0.3, 0.4) is 0 Å². The molecule has 0 unspecified atom stereocenters. The fraction of sp³-hybridized carbons (Fsp3) is 0.522. The number of rotatable bonds is 6. The van der Waals surface area contributed by atoms with E-state index in [4.69, 9.17) is 4.98 Å². The molecule has 6 heteroatoms. The summed E-state index contributed by atoms with van der Waals surface area (Å²) < 4.78 is 0. The Morgan fingerprint density at radius 3 is 2.79 bits per heavy atom. The minimum atomic E-state index is -0.227. The zero-order valence-corrected chi connectivity index (χ0v) is 18.0. The molecule has 0 spiro atoms. The average Bonchev–Trinajstić information content (AvgIpc) is 3.56. The van der Waals surface area contributed by atoms with Crippen LogP contribution >= 0.6 is 11.8 Å². The van der Waals surface area contributed by atoms with Crippen molar-refractivity contribution in [1.29, 1.82) is 0 Å². The summed E-state index contributed by atoms with van der Waals surface area (Å²) in [6.45, 7) is 4.96. The van der Waals surface area contributed by atoms with Crippen molar-refractivity contribution in [2.45, 2.75) is 74.7 Å². The van der Waals surface area contributed by atoms with Crippen molar-refractivity contribution in [3.63, 3.8) is 0 Å². The molecule has 4 rings (SSSR count). The maximum atomic E-state index is 13.1. The van der Waals surface area contributed by atoms with Gasteiger partial charge in [0, 0.05) is 24.0 Å². The van der Waals surface area contributed by atoms with E-state index >= 15 is 0 Å². The highest BCUT2D eigenvalue weighted by Gasteiger charge is 2.30. The fourth-order valence-electron chi connectivity index (χ4n) is 4.07. The Morgan fingerprint density at radius 1 is 1.24 bits per heavy atom. The van der Waals surface area contributed by atoms with Gasteiger partial charge in [-0.3, -0.25) is 9.59 Å². The van der Waals surface area contributed by atoms with Gasteiger partial charge in [-0.15, -0.1) is 0 Å². The van der Waals surface area contributed by atoms with E-state index in [2.05, 4.69) is 17.1 Å². The summed E-state index contributed by atoms with van der Waals surface area (Å²) >= 11 is 1.46. The van der Waals surface area contributed by atoms with Gasteiger partial charge in [0.2, 0.25) is 5.91 Å². The maximum absolute atomic E-state index is 13.1. The Labute approximate surface area is 176 Å². The van der Waals surface area contributed by atoms with Gasteiger partial charge in [0.25, 0.3) is 5.91 Å². The molecular formula is C23H29N3O2S. The van der Waals surface area contributed by atoms with Crippen LogP contribution < -0.4 is 5.32 Å². The number of nitrogens with one attached hydrogen (secondary N) is 1. The predicted octanol–water partition coefficient (Wildman–Crippen LogP) is 4.40. The topological polar surface area (TPSA) is 62.3 Å². The molecule has 1 aliphatic heterocycles. The molecule has 1 saturated carbocycles. The predicted molar refractivity (Wildman–Crippen MR) is 117 cm³/mol. The van der Waals surface area contributed by atoms with E-state index in [9.17, 15) is 9.59 Å². The number of fused-ring (bicyclic) bond motifs is 1. The third-order valence-corrected chi connectivity index (χ3v) is 6.88. The molecule has 2 aliphatic rings. The number of carbonyl (C=O) groups excluding carboxylic acids is 2. The van der Waals surface area contributed by atoms with Gasteiger partial charge in [-0.05, 0) is 57.6 Å². The minimum absolute atomic E-state index is 0.0472. The molecule has 2 fully saturated rings. The molecule has 1 aromatic heterocycles. The maximum Gasteiger partial charge on any atom is 0.252 e. The van der Waals surface area contributed by atoms with Crippen molar-refractivity contribution in [2.24, 2.45) is 0 Å². The van der Waals surface area contributed by atoms with Crippen molar-refractivity contribution in [2.75, 3.05) is 6.54 Å². The Kier molecular flexibility index (Phi) is 6.09. The van der Waals surface area contributed by atoms with Crippen LogP contribution in [0, 0.1) is 0 Å². The van der Waals surface area contributed by atoms with Crippen molar-refractivity contribution in [3.8, 4) is 0 Å². The van der Waals surface area contributed by atoms with E-state index in [1.165, 1.54) is 18.2 Å². The Morgan fingerprint density at radius 2 is 2.03 bits per heavy atom. The molecule has 2 heterocycles. The number of nitrogens with zero attached hydrogens (tertiary/aromatic N) is 2. The van der Waals surface area contributed by atoms with Crippen LogP contribution in [0.1, 0.15) is 62.7 Å². The third-order valence-electron chi connectivity index (χ3n) is 5.88. The van der Waals surface area contributed by atoms with E-state index in [1.807, 2.05) is 37.3 Å². The lowest BCUT2D eigenvalue weighted by Crippen LogP contribution is -2.46. The number of carbonyl (C=O) groups is 2. The lowest BCUT2D eigenvalue weighted by molar-refractivity contribution is -0.134. The van der Waals surface area contributed by atoms with Gasteiger partial charge in [-0.2, -0.15) is 0 Å². The van der Waals surface area contributed by atoms with E-state index in [0.717, 1.165) is 54.6 Å². The first-order valence-corrected chi connectivity index (χ1v) is 11.6. The van der Waals surface area contributed by atoms with Crippen LogP contribution in [-0.2, 0) is 4.79 Å². The zero-order valence-electron chi connectivity index (χ0n) is 17.2. The first-order valence-electron chi connectivity index (χ1n) is 10.7. The summed E-state index contributed by atoms with van der Waals surface area (Å²) in [6.07, 6.45) is 6.49. The molecule has 1 N–H and O–H groups in total. The molecule has 2 amide bonds. The molecule has 0 bridgehead atoms. The minimum Gasteiger partial charge on any atom is -0.349 e. The number of pyridine rings is 1. The van der Waals surface area contributed by atoms with Crippen molar-refractivity contribution in [1.82, 2.24) is 15.2 Å². The number of likely N-dealkylation sites (tertiary alicyclic amines) is 1. The zero-order chi connectivity index (χ0) is 20.4. The molecule has 1 aliphatic carbocycles. The van der Waals surface area contributed by atoms with Crippen molar-refractivity contribution >= 4 is 34.5 Å². The second-order valence-corrected chi connectivity index (χ2v) is 9.48. The number of hydrogen-bond acceptors (Lipinski definition) is 4. The smallest absolute Gasteiger partial charge is 0.252 e. The number of para-hydroxylation sites is 1. The van der Waals surface area contributed by atoms with Crippen molar-refractivity contribution in [3.05, 3.63) is 35.9 Å². The molecule has 2 atom stereocenters.